The number of ketones is 1. The van der Waals surface area contributed by atoms with E-state index >= 15 is 0 Å². The van der Waals surface area contributed by atoms with Gasteiger partial charge in [0.15, 0.2) is 11.5 Å². The minimum atomic E-state index is -0.834. The molecule has 1 aliphatic carbocycles. The second-order valence-electron chi connectivity index (χ2n) is 3.97. The van der Waals surface area contributed by atoms with Gasteiger partial charge in [-0.25, -0.2) is 0 Å². The van der Waals surface area contributed by atoms with Gasteiger partial charge in [0, 0.05) is 6.04 Å². The van der Waals surface area contributed by atoms with Crippen LogP contribution in [-0.2, 0) is 14.3 Å². The summed E-state index contributed by atoms with van der Waals surface area (Å²) in [5.74, 6) is -0.124. The van der Waals surface area contributed by atoms with Gasteiger partial charge < -0.3 is 9.64 Å². The molecule has 1 aliphatic heterocycles. The van der Waals surface area contributed by atoms with Crippen LogP contribution in [0.4, 0.5) is 0 Å². The molecule has 1 saturated heterocycles. The van der Waals surface area contributed by atoms with Crippen molar-refractivity contribution in [1.82, 2.24) is 4.90 Å². The molecule has 0 bridgehead atoms. The van der Waals surface area contributed by atoms with E-state index in [1.165, 1.54) is 12.2 Å². The lowest BCUT2D eigenvalue weighted by Gasteiger charge is -2.35. The summed E-state index contributed by atoms with van der Waals surface area (Å²) in [5, 5.41) is 0. The van der Waals surface area contributed by atoms with Crippen molar-refractivity contribution in [1.29, 1.82) is 0 Å². The van der Waals surface area contributed by atoms with Crippen molar-refractivity contribution in [3.05, 3.63) is 24.3 Å². The summed E-state index contributed by atoms with van der Waals surface area (Å²) in [6.45, 7) is 3.92. The molecule has 0 aromatic heterocycles. The first kappa shape index (κ1) is 10.1. The standard InChI is InChI=1S/C11H13NO3/c1-8(2)12-10(14)7-15-11(12)5-3-9(13)4-6-11/h3-6,8H,7H2,1-2H3. The molecule has 2 rings (SSSR count). The maximum Gasteiger partial charge on any atom is 0.251 e. The third-order valence-corrected chi connectivity index (χ3v) is 2.56. The van der Waals surface area contributed by atoms with Crippen molar-refractivity contribution >= 4 is 11.7 Å². The van der Waals surface area contributed by atoms with Gasteiger partial charge in [-0.3, -0.25) is 9.59 Å². The molecule has 4 heteroatoms. The van der Waals surface area contributed by atoms with Crippen LogP contribution >= 0.6 is 0 Å². The molecule has 15 heavy (non-hydrogen) atoms. The van der Waals surface area contributed by atoms with Crippen molar-refractivity contribution in [3.8, 4) is 0 Å². The Morgan fingerprint density at radius 2 is 1.93 bits per heavy atom. The summed E-state index contributed by atoms with van der Waals surface area (Å²) in [4.78, 5) is 24.3. The maximum atomic E-state index is 11.6. The highest BCUT2D eigenvalue weighted by Crippen LogP contribution is 2.31. The van der Waals surface area contributed by atoms with Gasteiger partial charge in [-0.2, -0.15) is 0 Å². The van der Waals surface area contributed by atoms with E-state index in [0.29, 0.717) is 0 Å². The molecule has 4 nitrogen and oxygen atoms in total. The number of allylic oxidation sites excluding steroid dienone is 2. The van der Waals surface area contributed by atoms with E-state index in [-0.39, 0.29) is 24.3 Å². The molecule has 0 aromatic rings. The van der Waals surface area contributed by atoms with Gasteiger partial charge >= 0.3 is 0 Å². The molecule has 0 atom stereocenters. The molecule has 1 spiro atoms. The number of ether oxygens (including phenoxy) is 1. The fourth-order valence-electron chi connectivity index (χ4n) is 1.97. The highest BCUT2D eigenvalue weighted by molar-refractivity contribution is 6.01. The van der Waals surface area contributed by atoms with E-state index in [0.717, 1.165) is 0 Å². The monoisotopic (exact) mass is 207 g/mol. The molecule has 0 saturated carbocycles. The number of nitrogens with zero attached hydrogens (tertiary/aromatic N) is 1. The summed E-state index contributed by atoms with van der Waals surface area (Å²) in [6.07, 6.45) is 6.16. The molecular weight excluding hydrogens is 194 g/mol. The largest absolute Gasteiger partial charge is 0.338 e. The quantitative estimate of drug-likeness (QED) is 0.634. The first-order chi connectivity index (χ1) is 7.05. The average Bonchev–Trinajstić information content (AvgIpc) is 2.49. The van der Waals surface area contributed by atoms with Gasteiger partial charge in [0.2, 0.25) is 0 Å². The molecule has 2 aliphatic rings. The molecule has 0 radical (unpaired) electrons. The van der Waals surface area contributed by atoms with Crippen LogP contribution in [0.5, 0.6) is 0 Å². The smallest absolute Gasteiger partial charge is 0.251 e. The van der Waals surface area contributed by atoms with E-state index in [2.05, 4.69) is 0 Å². The Morgan fingerprint density at radius 1 is 1.33 bits per heavy atom. The molecule has 1 amide bonds. The Kier molecular flexibility index (Phi) is 2.23. The van der Waals surface area contributed by atoms with Crippen molar-refractivity contribution in [2.75, 3.05) is 6.61 Å². The van der Waals surface area contributed by atoms with E-state index in [9.17, 15) is 9.59 Å². The van der Waals surface area contributed by atoms with E-state index in [4.69, 9.17) is 4.74 Å². The van der Waals surface area contributed by atoms with E-state index in [1.54, 1.807) is 17.1 Å². The predicted molar refractivity (Wildman–Crippen MR) is 54.0 cm³/mol. The topological polar surface area (TPSA) is 46.6 Å². The van der Waals surface area contributed by atoms with Crippen molar-refractivity contribution in [2.45, 2.75) is 25.6 Å². The van der Waals surface area contributed by atoms with Crippen LogP contribution < -0.4 is 0 Å². The zero-order valence-electron chi connectivity index (χ0n) is 8.77. The summed E-state index contributed by atoms with van der Waals surface area (Å²) in [6, 6.07) is 0.0440. The summed E-state index contributed by atoms with van der Waals surface area (Å²) in [7, 11) is 0. The zero-order valence-corrected chi connectivity index (χ0v) is 8.77. The number of carbonyl (C=O) groups is 2. The Labute approximate surface area is 88.2 Å². The van der Waals surface area contributed by atoms with Crippen LogP contribution in [0.2, 0.25) is 0 Å². The Balaban J connectivity index is 2.36. The van der Waals surface area contributed by atoms with Gasteiger partial charge in [0.1, 0.15) is 6.61 Å². The molecule has 80 valence electrons. The molecule has 0 aromatic carbocycles. The Hall–Kier alpha value is -1.42. The minimum Gasteiger partial charge on any atom is -0.338 e. The molecular formula is C11H13NO3. The van der Waals surface area contributed by atoms with Crippen molar-refractivity contribution < 1.29 is 14.3 Å². The number of hydrogen-bond acceptors (Lipinski definition) is 3. The van der Waals surface area contributed by atoms with Gasteiger partial charge in [0.25, 0.3) is 5.91 Å². The molecule has 1 fully saturated rings. The van der Waals surface area contributed by atoms with Crippen molar-refractivity contribution in [3.63, 3.8) is 0 Å². The lowest BCUT2D eigenvalue weighted by Crippen LogP contribution is -2.48. The molecule has 1 heterocycles. The van der Waals surface area contributed by atoms with Crippen LogP contribution in [0.3, 0.4) is 0 Å². The average molecular weight is 207 g/mol. The second-order valence-corrected chi connectivity index (χ2v) is 3.97. The summed E-state index contributed by atoms with van der Waals surface area (Å²) >= 11 is 0. The fourth-order valence-corrected chi connectivity index (χ4v) is 1.97. The van der Waals surface area contributed by atoms with E-state index in [1.807, 2.05) is 13.8 Å². The van der Waals surface area contributed by atoms with Gasteiger partial charge in [0.05, 0.1) is 0 Å². The molecule has 0 N–H and O–H groups in total. The number of carbonyl (C=O) groups excluding carboxylic acids is 2. The normalized spacial score (nSPS) is 23.5. The minimum absolute atomic E-state index is 0.0440. The predicted octanol–water partition coefficient (Wildman–Crippen LogP) is 0.645. The SMILES string of the molecule is CC(C)N1C(=O)COC12C=CC(=O)C=C2. The Bertz CT molecular complexity index is 352. The lowest BCUT2D eigenvalue weighted by molar-refractivity contribution is -0.131. The highest BCUT2D eigenvalue weighted by atomic mass is 16.5. The zero-order chi connectivity index (χ0) is 11.1. The van der Waals surface area contributed by atoms with Crippen LogP contribution in [-0.4, -0.2) is 35.0 Å². The van der Waals surface area contributed by atoms with Crippen LogP contribution in [0.15, 0.2) is 24.3 Å². The first-order valence-electron chi connectivity index (χ1n) is 4.94. The lowest BCUT2D eigenvalue weighted by atomic mass is 10.0. The number of amides is 1. The second kappa shape index (κ2) is 3.31. The van der Waals surface area contributed by atoms with Crippen LogP contribution in [0.1, 0.15) is 13.8 Å². The number of rotatable bonds is 1. The highest BCUT2D eigenvalue weighted by Gasteiger charge is 2.45. The van der Waals surface area contributed by atoms with Crippen LogP contribution in [0, 0.1) is 0 Å². The van der Waals surface area contributed by atoms with Gasteiger partial charge in [-0.15, -0.1) is 0 Å². The number of hydrogen-bond donors (Lipinski definition) is 0. The van der Waals surface area contributed by atoms with Gasteiger partial charge in [-0.05, 0) is 38.2 Å². The molecule has 0 unspecified atom stereocenters. The van der Waals surface area contributed by atoms with E-state index < -0.39 is 5.72 Å². The van der Waals surface area contributed by atoms with Crippen molar-refractivity contribution in [2.24, 2.45) is 0 Å². The third kappa shape index (κ3) is 1.51. The Morgan fingerprint density at radius 3 is 2.47 bits per heavy atom. The van der Waals surface area contributed by atoms with Gasteiger partial charge in [-0.1, -0.05) is 0 Å². The third-order valence-electron chi connectivity index (χ3n) is 2.56. The maximum absolute atomic E-state index is 11.6. The summed E-state index contributed by atoms with van der Waals surface area (Å²) in [5.41, 5.74) is -0.834. The fraction of sp³-hybridized carbons (Fsp3) is 0.455. The van der Waals surface area contributed by atoms with Crippen LogP contribution in [0.25, 0.3) is 0 Å². The summed E-state index contributed by atoms with van der Waals surface area (Å²) < 4.78 is 5.47. The first-order valence-corrected chi connectivity index (χ1v) is 4.94.